The molecule has 2 heteroatoms. The maximum atomic E-state index is 4.34. The van der Waals surface area contributed by atoms with Gasteiger partial charge in [-0.2, -0.15) is 0 Å². The van der Waals surface area contributed by atoms with Crippen LogP contribution in [0.2, 0.25) is 0 Å². The fourth-order valence-corrected chi connectivity index (χ4v) is 2.61. The first-order valence-electron chi connectivity index (χ1n) is 5.87. The molecule has 1 aliphatic rings. The van der Waals surface area contributed by atoms with Gasteiger partial charge < -0.3 is 4.98 Å². The van der Waals surface area contributed by atoms with E-state index in [0.717, 1.165) is 11.6 Å². The average molecular weight is 200 g/mol. The Morgan fingerprint density at radius 2 is 2.07 bits per heavy atom. The first-order chi connectivity index (χ1) is 7.43. The van der Waals surface area contributed by atoms with Crippen LogP contribution in [0.3, 0.4) is 0 Å². The van der Waals surface area contributed by atoms with Crippen molar-refractivity contribution in [3.63, 3.8) is 0 Å². The van der Waals surface area contributed by atoms with Crippen LogP contribution in [0, 0.1) is 0 Å². The van der Waals surface area contributed by atoms with Crippen LogP contribution in [0.5, 0.6) is 0 Å². The summed E-state index contributed by atoms with van der Waals surface area (Å²) in [7, 11) is 0. The molecular formula is C13H16N2. The molecule has 2 aromatic rings. The van der Waals surface area contributed by atoms with Gasteiger partial charge in [-0.25, -0.2) is 4.98 Å². The highest BCUT2D eigenvalue weighted by molar-refractivity contribution is 5.76. The highest BCUT2D eigenvalue weighted by Gasteiger charge is 2.17. The SMILES string of the molecule is c1cnc2[nH]c(C3CCCCC3)cc2c1. The topological polar surface area (TPSA) is 28.7 Å². The van der Waals surface area contributed by atoms with E-state index in [9.17, 15) is 0 Å². The standard InChI is InChI=1S/C13H16N2/c1-2-5-10(6-3-1)12-9-11-7-4-8-14-13(11)15-12/h4,7-10H,1-3,5-6H2,(H,14,15). The van der Waals surface area contributed by atoms with Crippen LogP contribution in [-0.2, 0) is 0 Å². The van der Waals surface area contributed by atoms with E-state index in [2.05, 4.69) is 22.1 Å². The lowest BCUT2D eigenvalue weighted by Crippen LogP contribution is -2.04. The number of nitrogens with one attached hydrogen (secondary N) is 1. The summed E-state index contributed by atoms with van der Waals surface area (Å²) in [5.74, 6) is 0.743. The second-order valence-corrected chi connectivity index (χ2v) is 4.50. The molecule has 2 nitrogen and oxygen atoms in total. The fourth-order valence-electron chi connectivity index (χ4n) is 2.61. The Kier molecular flexibility index (Phi) is 2.20. The summed E-state index contributed by atoms with van der Waals surface area (Å²) in [5.41, 5.74) is 2.43. The number of rotatable bonds is 1. The molecule has 0 aromatic carbocycles. The van der Waals surface area contributed by atoms with Gasteiger partial charge in [0.1, 0.15) is 5.65 Å². The normalized spacial score (nSPS) is 18.4. The maximum absolute atomic E-state index is 4.34. The van der Waals surface area contributed by atoms with E-state index in [1.54, 1.807) is 0 Å². The zero-order valence-corrected chi connectivity index (χ0v) is 8.87. The lowest BCUT2D eigenvalue weighted by atomic mass is 9.87. The molecule has 0 amide bonds. The summed E-state index contributed by atoms with van der Waals surface area (Å²) >= 11 is 0. The quantitative estimate of drug-likeness (QED) is 0.748. The van der Waals surface area contributed by atoms with E-state index in [4.69, 9.17) is 0 Å². The molecule has 1 saturated carbocycles. The molecule has 0 bridgehead atoms. The number of hydrogen-bond donors (Lipinski definition) is 1. The van der Waals surface area contributed by atoms with Crippen molar-refractivity contribution in [3.8, 4) is 0 Å². The Balaban J connectivity index is 1.96. The third-order valence-corrected chi connectivity index (χ3v) is 3.46. The predicted molar refractivity (Wildman–Crippen MR) is 61.9 cm³/mol. The van der Waals surface area contributed by atoms with Crippen molar-refractivity contribution in [2.24, 2.45) is 0 Å². The molecule has 78 valence electrons. The smallest absolute Gasteiger partial charge is 0.137 e. The van der Waals surface area contributed by atoms with Crippen LogP contribution >= 0.6 is 0 Å². The van der Waals surface area contributed by atoms with Gasteiger partial charge in [0, 0.05) is 17.3 Å². The number of aromatic amines is 1. The van der Waals surface area contributed by atoms with Crippen LogP contribution < -0.4 is 0 Å². The van der Waals surface area contributed by atoms with Crippen LogP contribution in [0.1, 0.15) is 43.7 Å². The molecule has 2 aromatic heterocycles. The molecule has 3 rings (SSSR count). The first kappa shape index (κ1) is 8.96. The van der Waals surface area contributed by atoms with Crippen LogP contribution in [0.25, 0.3) is 11.0 Å². The minimum atomic E-state index is 0.743. The molecule has 0 saturated heterocycles. The first-order valence-corrected chi connectivity index (χ1v) is 5.87. The summed E-state index contributed by atoms with van der Waals surface area (Å²) in [4.78, 5) is 7.80. The van der Waals surface area contributed by atoms with Gasteiger partial charge in [0.15, 0.2) is 0 Å². The van der Waals surface area contributed by atoms with E-state index in [1.165, 1.54) is 43.2 Å². The van der Waals surface area contributed by atoms with Crippen molar-refractivity contribution in [1.82, 2.24) is 9.97 Å². The second-order valence-electron chi connectivity index (χ2n) is 4.50. The minimum absolute atomic E-state index is 0.743. The summed E-state index contributed by atoms with van der Waals surface area (Å²) < 4.78 is 0. The van der Waals surface area contributed by atoms with Crippen LogP contribution in [0.15, 0.2) is 24.4 Å². The molecule has 0 aliphatic heterocycles. The van der Waals surface area contributed by atoms with Gasteiger partial charge in [-0.05, 0) is 37.0 Å². The third kappa shape index (κ3) is 1.65. The van der Waals surface area contributed by atoms with Gasteiger partial charge in [-0.1, -0.05) is 19.3 Å². The monoisotopic (exact) mass is 200 g/mol. The van der Waals surface area contributed by atoms with Crippen molar-refractivity contribution < 1.29 is 0 Å². The number of fused-ring (bicyclic) bond motifs is 1. The largest absolute Gasteiger partial charge is 0.343 e. The Bertz CT molecular complexity index is 419. The molecular weight excluding hydrogens is 184 g/mol. The summed E-state index contributed by atoms with van der Waals surface area (Å²) in [5, 5.41) is 1.25. The Hall–Kier alpha value is -1.31. The van der Waals surface area contributed by atoms with Gasteiger partial charge in [-0.3, -0.25) is 0 Å². The molecule has 0 unspecified atom stereocenters. The minimum Gasteiger partial charge on any atom is -0.343 e. The molecule has 15 heavy (non-hydrogen) atoms. The number of H-pyrrole nitrogens is 1. The molecule has 2 heterocycles. The van der Waals surface area contributed by atoms with E-state index >= 15 is 0 Å². The molecule has 1 N–H and O–H groups in total. The fraction of sp³-hybridized carbons (Fsp3) is 0.462. The Morgan fingerprint density at radius 3 is 2.87 bits per heavy atom. The third-order valence-electron chi connectivity index (χ3n) is 3.46. The Morgan fingerprint density at radius 1 is 1.20 bits per heavy atom. The van der Waals surface area contributed by atoms with Crippen molar-refractivity contribution in [2.45, 2.75) is 38.0 Å². The van der Waals surface area contributed by atoms with E-state index < -0.39 is 0 Å². The molecule has 1 fully saturated rings. The highest BCUT2D eigenvalue weighted by atomic mass is 14.9. The zero-order chi connectivity index (χ0) is 10.1. The van der Waals surface area contributed by atoms with E-state index in [-0.39, 0.29) is 0 Å². The molecule has 1 aliphatic carbocycles. The Labute approximate surface area is 89.7 Å². The predicted octanol–water partition coefficient (Wildman–Crippen LogP) is 3.61. The van der Waals surface area contributed by atoms with Crippen LogP contribution in [-0.4, -0.2) is 9.97 Å². The van der Waals surface area contributed by atoms with Gasteiger partial charge in [0.25, 0.3) is 0 Å². The number of hydrogen-bond acceptors (Lipinski definition) is 1. The van der Waals surface area contributed by atoms with Gasteiger partial charge in [0.2, 0.25) is 0 Å². The summed E-state index contributed by atoms with van der Waals surface area (Å²) in [6.45, 7) is 0. The van der Waals surface area contributed by atoms with Crippen molar-refractivity contribution in [1.29, 1.82) is 0 Å². The number of nitrogens with zero attached hydrogens (tertiary/aromatic N) is 1. The molecule has 0 spiro atoms. The van der Waals surface area contributed by atoms with E-state index in [0.29, 0.717) is 0 Å². The van der Waals surface area contributed by atoms with Crippen molar-refractivity contribution in [3.05, 3.63) is 30.1 Å². The van der Waals surface area contributed by atoms with Gasteiger partial charge >= 0.3 is 0 Å². The van der Waals surface area contributed by atoms with Gasteiger partial charge in [0.05, 0.1) is 0 Å². The van der Waals surface area contributed by atoms with Crippen molar-refractivity contribution >= 4 is 11.0 Å². The van der Waals surface area contributed by atoms with Gasteiger partial charge in [-0.15, -0.1) is 0 Å². The van der Waals surface area contributed by atoms with Crippen molar-refractivity contribution in [2.75, 3.05) is 0 Å². The maximum Gasteiger partial charge on any atom is 0.137 e. The molecule has 0 atom stereocenters. The lowest BCUT2D eigenvalue weighted by molar-refractivity contribution is 0.438. The zero-order valence-electron chi connectivity index (χ0n) is 8.87. The lowest BCUT2D eigenvalue weighted by Gasteiger charge is -2.20. The summed E-state index contributed by atoms with van der Waals surface area (Å²) in [6, 6.07) is 6.41. The second kappa shape index (κ2) is 3.69. The summed E-state index contributed by atoms with van der Waals surface area (Å²) in [6.07, 6.45) is 8.71. The van der Waals surface area contributed by atoms with Crippen LogP contribution in [0.4, 0.5) is 0 Å². The van der Waals surface area contributed by atoms with E-state index in [1.807, 2.05) is 12.3 Å². The average Bonchev–Trinajstić information content (AvgIpc) is 2.74. The highest BCUT2D eigenvalue weighted by Crippen LogP contribution is 2.33. The number of aromatic nitrogens is 2. The molecule has 0 radical (unpaired) electrons. The number of pyridine rings is 1.